The van der Waals surface area contributed by atoms with E-state index < -0.39 is 6.09 Å². The third-order valence-corrected chi connectivity index (χ3v) is 5.45. The molecular weight excluding hydrogens is 380 g/mol. The lowest BCUT2D eigenvalue weighted by atomic mass is 10.3. The van der Waals surface area contributed by atoms with Gasteiger partial charge in [0.25, 0.3) is 5.91 Å². The Kier molecular flexibility index (Phi) is 5.07. The third-order valence-electron chi connectivity index (χ3n) is 4.44. The molecule has 0 aliphatic carbocycles. The summed E-state index contributed by atoms with van der Waals surface area (Å²) in [5.74, 6) is 1.01. The largest absolute Gasteiger partial charge is 0.497 e. The Bertz CT molecular complexity index is 1000. The standard InChI is InChI=1S/C19H18N4O4S/c1-26-13-4-5-15-16(11-13)28-17(21-15)18(24)22-7-9-23(10-8-22)19(25)27-14-3-2-6-20-12-14/h2-6,11-12H,7-10H2,1H3. The van der Waals surface area contributed by atoms with Crippen LogP contribution >= 0.6 is 11.3 Å². The van der Waals surface area contributed by atoms with E-state index in [1.165, 1.54) is 17.5 Å². The summed E-state index contributed by atoms with van der Waals surface area (Å²) in [4.78, 5) is 36.7. The number of nitrogens with zero attached hydrogens (tertiary/aromatic N) is 4. The number of benzene rings is 1. The van der Waals surface area contributed by atoms with Crippen LogP contribution in [0.15, 0.2) is 42.7 Å². The molecule has 28 heavy (non-hydrogen) atoms. The van der Waals surface area contributed by atoms with E-state index in [0.29, 0.717) is 36.9 Å². The Labute approximate surface area is 165 Å². The van der Waals surface area contributed by atoms with Gasteiger partial charge in [-0.05, 0) is 30.3 Å². The minimum absolute atomic E-state index is 0.125. The first-order chi connectivity index (χ1) is 13.6. The number of ether oxygens (including phenoxy) is 2. The summed E-state index contributed by atoms with van der Waals surface area (Å²) in [5, 5.41) is 0.439. The van der Waals surface area contributed by atoms with E-state index in [4.69, 9.17) is 9.47 Å². The average Bonchev–Trinajstić information content (AvgIpc) is 3.17. The molecule has 0 bridgehead atoms. The van der Waals surface area contributed by atoms with Crippen molar-refractivity contribution in [3.8, 4) is 11.5 Å². The SMILES string of the molecule is COc1ccc2nc(C(=O)N3CCN(C(=O)Oc4cccnc4)CC3)sc2c1. The van der Waals surface area contributed by atoms with Crippen LogP contribution in [-0.2, 0) is 0 Å². The quantitative estimate of drug-likeness (QED) is 0.674. The number of methoxy groups -OCH3 is 1. The summed E-state index contributed by atoms with van der Waals surface area (Å²) in [6.45, 7) is 1.67. The van der Waals surface area contributed by atoms with Gasteiger partial charge >= 0.3 is 6.09 Å². The van der Waals surface area contributed by atoms with E-state index in [0.717, 1.165) is 16.0 Å². The molecule has 0 saturated carbocycles. The zero-order chi connectivity index (χ0) is 19.5. The van der Waals surface area contributed by atoms with Crippen molar-refractivity contribution in [2.45, 2.75) is 0 Å². The molecule has 3 aromatic rings. The van der Waals surface area contributed by atoms with Crippen molar-refractivity contribution in [2.75, 3.05) is 33.3 Å². The first-order valence-electron chi connectivity index (χ1n) is 8.74. The second-order valence-electron chi connectivity index (χ2n) is 6.19. The fraction of sp³-hybridized carbons (Fsp3) is 0.263. The Morgan fingerprint density at radius 3 is 2.57 bits per heavy atom. The molecule has 0 unspecified atom stereocenters. The molecule has 8 nitrogen and oxygen atoms in total. The number of hydrogen-bond donors (Lipinski definition) is 0. The predicted octanol–water partition coefficient (Wildman–Crippen LogP) is 2.66. The summed E-state index contributed by atoms with van der Waals surface area (Å²) in [6.07, 6.45) is 2.66. The summed E-state index contributed by atoms with van der Waals surface area (Å²) < 4.78 is 11.4. The van der Waals surface area contributed by atoms with Crippen molar-refractivity contribution in [2.24, 2.45) is 0 Å². The number of pyridine rings is 1. The Morgan fingerprint density at radius 1 is 1.07 bits per heavy atom. The van der Waals surface area contributed by atoms with Gasteiger partial charge in [-0.25, -0.2) is 9.78 Å². The molecule has 1 fully saturated rings. The number of amides is 2. The van der Waals surface area contributed by atoms with Gasteiger partial charge in [-0.2, -0.15) is 0 Å². The maximum absolute atomic E-state index is 12.8. The van der Waals surface area contributed by atoms with Gasteiger partial charge in [0.05, 0.1) is 23.5 Å². The minimum Gasteiger partial charge on any atom is -0.497 e. The molecule has 0 radical (unpaired) electrons. The van der Waals surface area contributed by atoms with Crippen LogP contribution < -0.4 is 9.47 Å². The van der Waals surface area contributed by atoms with Gasteiger partial charge in [0.1, 0.15) is 5.75 Å². The number of thiazole rings is 1. The second kappa shape index (κ2) is 7.81. The van der Waals surface area contributed by atoms with Gasteiger partial charge in [-0.3, -0.25) is 9.78 Å². The molecule has 1 aliphatic rings. The third kappa shape index (κ3) is 3.74. The van der Waals surface area contributed by atoms with Crippen LogP contribution in [0.2, 0.25) is 0 Å². The smallest absolute Gasteiger partial charge is 0.415 e. The Balaban J connectivity index is 1.38. The van der Waals surface area contributed by atoms with Gasteiger partial charge in [-0.1, -0.05) is 0 Å². The summed E-state index contributed by atoms with van der Waals surface area (Å²) >= 11 is 1.34. The molecule has 144 valence electrons. The number of aromatic nitrogens is 2. The maximum atomic E-state index is 12.8. The summed E-state index contributed by atoms with van der Waals surface area (Å²) in [6, 6.07) is 8.91. The minimum atomic E-state index is -0.438. The zero-order valence-electron chi connectivity index (χ0n) is 15.2. The van der Waals surface area contributed by atoms with E-state index in [-0.39, 0.29) is 5.91 Å². The van der Waals surface area contributed by atoms with Gasteiger partial charge in [0.2, 0.25) is 0 Å². The van der Waals surface area contributed by atoms with Crippen molar-refractivity contribution in [3.63, 3.8) is 0 Å². The van der Waals surface area contributed by atoms with Crippen molar-refractivity contribution in [3.05, 3.63) is 47.7 Å². The van der Waals surface area contributed by atoms with Gasteiger partial charge in [0.15, 0.2) is 10.8 Å². The molecule has 1 aromatic carbocycles. The van der Waals surface area contributed by atoms with Crippen LogP contribution in [0, 0.1) is 0 Å². The lowest BCUT2D eigenvalue weighted by molar-refractivity contribution is 0.0633. The Hall–Kier alpha value is -3.20. The summed E-state index contributed by atoms with van der Waals surface area (Å²) in [7, 11) is 1.60. The fourth-order valence-electron chi connectivity index (χ4n) is 2.92. The molecule has 4 rings (SSSR count). The summed E-state index contributed by atoms with van der Waals surface area (Å²) in [5.41, 5.74) is 0.771. The normalized spacial score (nSPS) is 14.2. The van der Waals surface area contributed by atoms with Crippen LogP contribution in [0.4, 0.5) is 4.79 Å². The number of piperazine rings is 1. The molecule has 2 amide bonds. The predicted molar refractivity (Wildman–Crippen MR) is 104 cm³/mol. The van der Waals surface area contributed by atoms with E-state index in [1.807, 2.05) is 18.2 Å². The monoisotopic (exact) mass is 398 g/mol. The molecule has 2 aromatic heterocycles. The molecule has 9 heteroatoms. The lowest BCUT2D eigenvalue weighted by Gasteiger charge is -2.33. The number of carbonyl (C=O) groups is 2. The highest BCUT2D eigenvalue weighted by atomic mass is 32.1. The highest BCUT2D eigenvalue weighted by molar-refractivity contribution is 7.20. The molecule has 0 spiro atoms. The van der Waals surface area contributed by atoms with E-state index in [1.54, 1.807) is 35.2 Å². The zero-order valence-corrected chi connectivity index (χ0v) is 16.0. The molecular formula is C19H18N4O4S. The van der Waals surface area contributed by atoms with Crippen LogP contribution in [0.25, 0.3) is 10.2 Å². The van der Waals surface area contributed by atoms with Crippen LogP contribution in [0.5, 0.6) is 11.5 Å². The van der Waals surface area contributed by atoms with Crippen LogP contribution in [0.1, 0.15) is 9.80 Å². The van der Waals surface area contributed by atoms with E-state index >= 15 is 0 Å². The topological polar surface area (TPSA) is 84.9 Å². The number of carbonyl (C=O) groups excluding carboxylic acids is 2. The maximum Gasteiger partial charge on any atom is 0.415 e. The fourth-order valence-corrected chi connectivity index (χ4v) is 3.89. The van der Waals surface area contributed by atoms with Crippen molar-refractivity contribution < 1.29 is 19.1 Å². The van der Waals surface area contributed by atoms with Crippen molar-refractivity contribution in [1.29, 1.82) is 0 Å². The van der Waals surface area contributed by atoms with E-state index in [9.17, 15) is 9.59 Å². The van der Waals surface area contributed by atoms with Crippen LogP contribution in [-0.4, -0.2) is 65.1 Å². The van der Waals surface area contributed by atoms with Crippen molar-refractivity contribution >= 4 is 33.6 Å². The van der Waals surface area contributed by atoms with E-state index in [2.05, 4.69) is 9.97 Å². The number of rotatable bonds is 3. The molecule has 1 saturated heterocycles. The van der Waals surface area contributed by atoms with Crippen molar-refractivity contribution in [1.82, 2.24) is 19.8 Å². The molecule has 0 atom stereocenters. The molecule has 1 aliphatic heterocycles. The second-order valence-corrected chi connectivity index (χ2v) is 7.22. The van der Waals surface area contributed by atoms with Gasteiger partial charge in [-0.15, -0.1) is 11.3 Å². The van der Waals surface area contributed by atoms with Gasteiger partial charge in [0, 0.05) is 32.4 Å². The number of hydrogen-bond acceptors (Lipinski definition) is 7. The average molecular weight is 398 g/mol. The first-order valence-corrected chi connectivity index (χ1v) is 9.56. The highest BCUT2D eigenvalue weighted by Gasteiger charge is 2.27. The number of fused-ring (bicyclic) bond motifs is 1. The highest BCUT2D eigenvalue weighted by Crippen LogP contribution is 2.27. The first kappa shape index (κ1) is 18.2. The van der Waals surface area contributed by atoms with Gasteiger partial charge < -0.3 is 19.3 Å². The Morgan fingerprint density at radius 2 is 1.86 bits per heavy atom. The molecule has 0 N–H and O–H groups in total. The van der Waals surface area contributed by atoms with Crippen LogP contribution in [0.3, 0.4) is 0 Å². The lowest BCUT2D eigenvalue weighted by Crippen LogP contribution is -2.51. The molecule has 3 heterocycles.